The number of carbonyl (C=O) groups is 1. The summed E-state index contributed by atoms with van der Waals surface area (Å²) in [7, 11) is 0. The van der Waals surface area contributed by atoms with Crippen molar-refractivity contribution in [3.63, 3.8) is 0 Å². The van der Waals surface area contributed by atoms with Crippen LogP contribution in [-0.2, 0) is 0 Å². The lowest BCUT2D eigenvalue weighted by Gasteiger charge is -2.05. The summed E-state index contributed by atoms with van der Waals surface area (Å²) in [6.45, 7) is 0. The number of nitrogens with zero attached hydrogens (tertiary/aromatic N) is 1. The van der Waals surface area contributed by atoms with Crippen molar-refractivity contribution in [2.24, 2.45) is 0 Å². The van der Waals surface area contributed by atoms with Crippen LogP contribution in [0.4, 0.5) is 0 Å². The molecule has 0 aliphatic heterocycles. The van der Waals surface area contributed by atoms with Gasteiger partial charge in [0, 0.05) is 11.2 Å². The number of aromatic carboxylic acids is 1. The lowest BCUT2D eigenvalue weighted by atomic mass is 10.1. The molecule has 0 saturated heterocycles. The lowest BCUT2D eigenvalue weighted by molar-refractivity contribution is 0.0697. The molecule has 0 saturated carbocycles. The molecule has 2 N–H and O–H groups in total. The molecule has 0 unspecified atom stereocenters. The number of hydrogen-bond donors (Lipinski definition) is 2. The number of H-pyrrole nitrogens is 1. The summed E-state index contributed by atoms with van der Waals surface area (Å²) in [5, 5.41) is 9.63. The topological polar surface area (TPSA) is 66.0 Å². The van der Waals surface area contributed by atoms with Gasteiger partial charge in [-0.25, -0.2) is 9.78 Å². The largest absolute Gasteiger partial charge is 0.478 e. The minimum Gasteiger partial charge on any atom is -0.478 e. The summed E-state index contributed by atoms with van der Waals surface area (Å²) in [4.78, 5) is 17.6. The highest BCUT2D eigenvalue weighted by atomic mass is 35.5. The van der Waals surface area contributed by atoms with Gasteiger partial charge < -0.3 is 10.1 Å². The normalized spacial score (nSPS) is 10.2. The van der Waals surface area contributed by atoms with E-state index < -0.39 is 5.97 Å². The first-order chi connectivity index (χ1) is 8.08. The minimum absolute atomic E-state index is 0.0703. The maximum atomic E-state index is 11.1. The molecule has 0 aliphatic carbocycles. The van der Waals surface area contributed by atoms with Gasteiger partial charge in [-0.3, -0.25) is 0 Å². The molecule has 2 aromatic rings. The van der Waals surface area contributed by atoms with Crippen molar-refractivity contribution in [3.8, 4) is 11.3 Å². The van der Waals surface area contributed by atoms with Gasteiger partial charge in [-0.05, 0) is 29.9 Å². The van der Waals surface area contributed by atoms with Crippen LogP contribution in [-0.4, -0.2) is 21.0 Å². The van der Waals surface area contributed by atoms with E-state index in [0.717, 1.165) is 0 Å². The van der Waals surface area contributed by atoms with E-state index in [0.29, 0.717) is 16.3 Å². The molecule has 86 valence electrons. The Balaban J connectivity index is 2.64. The quantitative estimate of drug-likeness (QED) is 0.820. The highest BCUT2D eigenvalue weighted by molar-refractivity contribution is 7.71. The van der Waals surface area contributed by atoms with Gasteiger partial charge in [-0.1, -0.05) is 23.7 Å². The Morgan fingerprint density at radius 3 is 2.59 bits per heavy atom. The van der Waals surface area contributed by atoms with Crippen molar-refractivity contribution in [1.29, 1.82) is 0 Å². The summed E-state index contributed by atoms with van der Waals surface area (Å²) in [5.41, 5.74) is 1.19. The van der Waals surface area contributed by atoms with E-state index in [9.17, 15) is 4.79 Å². The summed E-state index contributed by atoms with van der Waals surface area (Å²) in [6.07, 6.45) is 1.24. The second-order valence-electron chi connectivity index (χ2n) is 3.29. The second kappa shape index (κ2) is 4.65. The fourth-order valence-corrected chi connectivity index (χ4v) is 1.68. The van der Waals surface area contributed by atoms with E-state index >= 15 is 0 Å². The highest BCUT2D eigenvalue weighted by Gasteiger charge is 2.12. The third-order valence-corrected chi connectivity index (χ3v) is 2.63. The Bertz CT molecular complexity index is 622. The molecule has 6 heteroatoms. The number of carboxylic acid groups (broad SMARTS) is 1. The summed E-state index contributed by atoms with van der Waals surface area (Å²) in [5.74, 6) is -1.06. The molecule has 2 rings (SSSR count). The first kappa shape index (κ1) is 11.8. The molecule has 1 aromatic carbocycles. The zero-order chi connectivity index (χ0) is 12.4. The van der Waals surface area contributed by atoms with Crippen molar-refractivity contribution < 1.29 is 9.90 Å². The van der Waals surface area contributed by atoms with Crippen LogP contribution in [0.5, 0.6) is 0 Å². The van der Waals surface area contributed by atoms with E-state index in [1.54, 1.807) is 24.3 Å². The Morgan fingerprint density at radius 1 is 1.35 bits per heavy atom. The average Bonchev–Trinajstić information content (AvgIpc) is 2.29. The number of aromatic nitrogens is 2. The van der Waals surface area contributed by atoms with Gasteiger partial charge in [0.15, 0.2) is 4.77 Å². The fourth-order valence-electron chi connectivity index (χ4n) is 1.40. The minimum atomic E-state index is -1.06. The third kappa shape index (κ3) is 2.51. The van der Waals surface area contributed by atoms with Gasteiger partial charge in [0.1, 0.15) is 5.56 Å². The van der Waals surface area contributed by atoms with Crippen LogP contribution in [0, 0.1) is 4.77 Å². The number of benzene rings is 1. The molecule has 4 nitrogen and oxygen atoms in total. The molecule has 0 fully saturated rings. The van der Waals surface area contributed by atoms with E-state index in [2.05, 4.69) is 9.97 Å². The number of carboxylic acids is 1. The first-order valence-electron chi connectivity index (χ1n) is 4.66. The molecule has 17 heavy (non-hydrogen) atoms. The predicted octanol–water partition coefficient (Wildman–Crippen LogP) is 3.16. The standard InChI is InChI=1S/C11H7ClN2O2S/c12-7-3-1-6(2-4-7)9-8(10(15)16)5-13-11(17)14-9/h1-5H,(H,15,16)(H,13,14,17). The number of rotatable bonds is 2. The monoisotopic (exact) mass is 266 g/mol. The van der Waals surface area contributed by atoms with Crippen LogP contribution in [0.3, 0.4) is 0 Å². The maximum Gasteiger partial charge on any atom is 0.339 e. The third-order valence-electron chi connectivity index (χ3n) is 2.18. The number of nitrogens with one attached hydrogen (secondary N) is 1. The summed E-state index contributed by atoms with van der Waals surface area (Å²) >= 11 is 10.7. The van der Waals surface area contributed by atoms with Crippen LogP contribution in [0.1, 0.15) is 10.4 Å². The Hall–Kier alpha value is -1.72. The zero-order valence-corrected chi connectivity index (χ0v) is 10.0. The second-order valence-corrected chi connectivity index (χ2v) is 4.11. The lowest BCUT2D eigenvalue weighted by Crippen LogP contribution is -2.03. The van der Waals surface area contributed by atoms with Gasteiger partial charge in [0.05, 0.1) is 5.69 Å². The van der Waals surface area contributed by atoms with Gasteiger partial charge in [0.2, 0.25) is 0 Å². The van der Waals surface area contributed by atoms with Crippen LogP contribution >= 0.6 is 23.8 Å². The van der Waals surface area contributed by atoms with E-state index in [4.69, 9.17) is 28.9 Å². The molecule has 0 atom stereocenters. The molecule has 1 heterocycles. The summed E-state index contributed by atoms with van der Waals surface area (Å²) in [6, 6.07) is 6.80. The molecule has 0 spiro atoms. The summed E-state index contributed by atoms with van der Waals surface area (Å²) < 4.78 is 0.236. The van der Waals surface area contributed by atoms with Crippen molar-refractivity contribution in [2.45, 2.75) is 0 Å². The number of halogens is 1. The van der Waals surface area contributed by atoms with Crippen LogP contribution in [0.25, 0.3) is 11.3 Å². The van der Waals surface area contributed by atoms with Gasteiger partial charge >= 0.3 is 5.97 Å². The average molecular weight is 267 g/mol. The van der Waals surface area contributed by atoms with Crippen molar-refractivity contribution >= 4 is 29.8 Å². The molecular formula is C11H7ClN2O2S. The predicted molar refractivity (Wildman–Crippen MR) is 66.8 cm³/mol. The first-order valence-corrected chi connectivity index (χ1v) is 5.45. The molecule has 0 radical (unpaired) electrons. The zero-order valence-electron chi connectivity index (χ0n) is 8.48. The van der Waals surface area contributed by atoms with E-state index in [-0.39, 0.29) is 10.3 Å². The van der Waals surface area contributed by atoms with Crippen LogP contribution in [0.2, 0.25) is 5.02 Å². The Kier molecular flexibility index (Phi) is 3.21. The van der Waals surface area contributed by atoms with Crippen LogP contribution in [0.15, 0.2) is 30.5 Å². The van der Waals surface area contributed by atoms with E-state index in [1.807, 2.05) is 0 Å². The molecule has 0 amide bonds. The number of hydrogen-bond acceptors (Lipinski definition) is 3. The Labute approximate surface area is 107 Å². The van der Waals surface area contributed by atoms with Gasteiger partial charge in [-0.15, -0.1) is 0 Å². The number of aromatic amines is 1. The van der Waals surface area contributed by atoms with Crippen molar-refractivity contribution in [1.82, 2.24) is 9.97 Å². The maximum absolute atomic E-state index is 11.1. The van der Waals surface area contributed by atoms with Gasteiger partial charge in [0.25, 0.3) is 0 Å². The highest BCUT2D eigenvalue weighted by Crippen LogP contribution is 2.22. The molecule has 0 bridgehead atoms. The molecule has 1 aromatic heterocycles. The van der Waals surface area contributed by atoms with Crippen molar-refractivity contribution in [2.75, 3.05) is 0 Å². The van der Waals surface area contributed by atoms with Crippen molar-refractivity contribution in [3.05, 3.63) is 45.8 Å². The van der Waals surface area contributed by atoms with Crippen LogP contribution < -0.4 is 0 Å². The smallest absolute Gasteiger partial charge is 0.339 e. The van der Waals surface area contributed by atoms with E-state index in [1.165, 1.54) is 6.20 Å². The fraction of sp³-hybridized carbons (Fsp3) is 0. The molecule has 0 aliphatic rings. The van der Waals surface area contributed by atoms with Gasteiger partial charge in [-0.2, -0.15) is 0 Å². The SMILES string of the molecule is O=C(O)c1cnc(=S)[nH]c1-c1ccc(Cl)cc1. The Morgan fingerprint density at radius 2 is 2.00 bits per heavy atom. The molecular weight excluding hydrogens is 260 g/mol.